The Morgan fingerprint density at radius 3 is 1.64 bits per heavy atom. The van der Waals surface area contributed by atoms with Crippen LogP contribution in [0, 0.1) is 0 Å². The van der Waals surface area contributed by atoms with Crippen LogP contribution in [-0.4, -0.2) is 0 Å². The average molecular weight is 502 g/mol. The summed E-state index contributed by atoms with van der Waals surface area (Å²) < 4.78 is 12.2. The topological polar surface area (TPSA) is 29.5 Å². The summed E-state index contributed by atoms with van der Waals surface area (Å²) in [6.45, 7) is 0. The molecule has 0 radical (unpaired) electrons. The van der Waals surface area contributed by atoms with Gasteiger partial charge in [0, 0.05) is 44.7 Å². The number of benzene rings is 6. The van der Waals surface area contributed by atoms with Crippen LogP contribution in [0.25, 0.3) is 55.0 Å². The molecule has 184 valence electrons. The molecule has 0 aliphatic heterocycles. The van der Waals surface area contributed by atoms with E-state index in [1.165, 1.54) is 0 Å². The maximum Gasteiger partial charge on any atom is 0.137 e. The Balaban J connectivity index is 1.22. The Morgan fingerprint density at radius 1 is 0.333 bits per heavy atom. The van der Waals surface area contributed by atoms with Crippen molar-refractivity contribution in [3.63, 3.8) is 0 Å². The summed E-state index contributed by atoms with van der Waals surface area (Å²) in [7, 11) is 0. The lowest BCUT2D eigenvalue weighted by atomic mass is 10.0. The molecule has 0 saturated heterocycles. The van der Waals surface area contributed by atoms with Gasteiger partial charge in [0.05, 0.1) is 0 Å². The van der Waals surface area contributed by atoms with E-state index in [2.05, 4.69) is 114 Å². The molecule has 0 N–H and O–H groups in total. The molecule has 2 aromatic heterocycles. The number of furan rings is 2. The largest absolute Gasteiger partial charge is 0.456 e. The van der Waals surface area contributed by atoms with Crippen molar-refractivity contribution in [3.8, 4) is 11.1 Å². The van der Waals surface area contributed by atoms with Crippen LogP contribution in [-0.2, 0) is 0 Å². The minimum Gasteiger partial charge on any atom is -0.456 e. The number of rotatable bonds is 4. The third-order valence-corrected chi connectivity index (χ3v) is 7.47. The minimum absolute atomic E-state index is 0.881. The van der Waals surface area contributed by atoms with Crippen LogP contribution in [0.5, 0.6) is 0 Å². The molecule has 6 aromatic carbocycles. The lowest BCUT2D eigenvalue weighted by Gasteiger charge is -2.25. The fourth-order valence-electron chi connectivity index (χ4n) is 5.59. The molecule has 8 aromatic rings. The first kappa shape index (κ1) is 21.8. The molecule has 0 bridgehead atoms. The van der Waals surface area contributed by atoms with Gasteiger partial charge in [-0.3, -0.25) is 0 Å². The quantitative estimate of drug-likeness (QED) is 0.240. The van der Waals surface area contributed by atoms with E-state index in [0.29, 0.717) is 0 Å². The van der Waals surface area contributed by atoms with Gasteiger partial charge in [-0.25, -0.2) is 0 Å². The number of hydrogen-bond acceptors (Lipinski definition) is 3. The monoisotopic (exact) mass is 501 g/mol. The van der Waals surface area contributed by atoms with E-state index in [-0.39, 0.29) is 0 Å². The minimum atomic E-state index is 0.881. The van der Waals surface area contributed by atoms with Crippen LogP contribution in [0.1, 0.15) is 0 Å². The van der Waals surface area contributed by atoms with Crippen LogP contribution in [0.2, 0.25) is 0 Å². The molecular weight excluding hydrogens is 478 g/mol. The zero-order chi connectivity index (χ0) is 25.8. The molecule has 3 nitrogen and oxygen atoms in total. The van der Waals surface area contributed by atoms with Crippen molar-refractivity contribution in [2.24, 2.45) is 0 Å². The second kappa shape index (κ2) is 8.64. The zero-order valence-corrected chi connectivity index (χ0v) is 21.0. The van der Waals surface area contributed by atoms with E-state index < -0.39 is 0 Å². The normalized spacial score (nSPS) is 11.6. The molecule has 0 unspecified atom stereocenters. The third-order valence-electron chi connectivity index (χ3n) is 7.47. The van der Waals surface area contributed by atoms with Crippen molar-refractivity contribution in [3.05, 3.63) is 140 Å². The smallest absolute Gasteiger partial charge is 0.137 e. The van der Waals surface area contributed by atoms with E-state index >= 15 is 0 Å². The van der Waals surface area contributed by atoms with Gasteiger partial charge in [0.25, 0.3) is 0 Å². The predicted octanol–water partition coefficient (Wildman–Crippen LogP) is 10.6. The second-order valence-corrected chi connectivity index (χ2v) is 9.81. The molecule has 0 atom stereocenters. The molecule has 0 aliphatic carbocycles. The number of anilines is 3. The zero-order valence-electron chi connectivity index (χ0n) is 21.0. The molecule has 8 rings (SSSR count). The highest BCUT2D eigenvalue weighted by Crippen LogP contribution is 2.39. The molecule has 0 spiro atoms. The summed E-state index contributed by atoms with van der Waals surface area (Å²) in [4.78, 5) is 2.27. The molecular formula is C36H23NO2. The summed E-state index contributed by atoms with van der Waals surface area (Å²) in [5.41, 5.74) is 9.15. The second-order valence-electron chi connectivity index (χ2n) is 9.81. The first-order valence-electron chi connectivity index (χ1n) is 13.1. The molecule has 0 amide bonds. The van der Waals surface area contributed by atoms with Crippen molar-refractivity contribution in [2.45, 2.75) is 0 Å². The average Bonchev–Trinajstić information content (AvgIpc) is 3.56. The lowest BCUT2D eigenvalue weighted by molar-refractivity contribution is 0.668. The fourth-order valence-corrected chi connectivity index (χ4v) is 5.59. The van der Waals surface area contributed by atoms with Crippen LogP contribution in [0.3, 0.4) is 0 Å². The highest BCUT2D eigenvalue weighted by molar-refractivity contribution is 6.07. The summed E-state index contributed by atoms with van der Waals surface area (Å²) in [6, 6.07) is 48.5. The Kier molecular flexibility index (Phi) is 4.82. The van der Waals surface area contributed by atoms with Crippen LogP contribution < -0.4 is 4.90 Å². The van der Waals surface area contributed by atoms with E-state index in [0.717, 1.165) is 72.1 Å². The first-order valence-corrected chi connectivity index (χ1v) is 13.1. The summed E-state index contributed by atoms with van der Waals surface area (Å²) in [5.74, 6) is 0. The van der Waals surface area contributed by atoms with Gasteiger partial charge in [-0.15, -0.1) is 0 Å². The first-order chi connectivity index (χ1) is 19.3. The van der Waals surface area contributed by atoms with Crippen molar-refractivity contribution < 1.29 is 8.83 Å². The molecule has 39 heavy (non-hydrogen) atoms. The maximum atomic E-state index is 6.22. The van der Waals surface area contributed by atoms with Crippen LogP contribution in [0.15, 0.2) is 148 Å². The summed E-state index contributed by atoms with van der Waals surface area (Å²) >= 11 is 0. The van der Waals surface area contributed by atoms with Gasteiger partial charge in [0.2, 0.25) is 0 Å². The van der Waals surface area contributed by atoms with Gasteiger partial charge in [-0.1, -0.05) is 72.8 Å². The number of fused-ring (bicyclic) bond motifs is 6. The summed E-state index contributed by atoms with van der Waals surface area (Å²) in [6.07, 6.45) is 0. The van der Waals surface area contributed by atoms with E-state index in [9.17, 15) is 0 Å². The Hall–Kier alpha value is -5.28. The number of nitrogens with zero attached hydrogens (tertiary/aromatic N) is 1. The van der Waals surface area contributed by atoms with Crippen molar-refractivity contribution in [2.75, 3.05) is 4.90 Å². The highest BCUT2D eigenvalue weighted by Gasteiger charge is 2.16. The highest BCUT2D eigenvalue weighted by atomic mass is 16.3. The standard InChI is InChI=1S/C36H23NO2/c1-2-8-26(9-3-1)37(28-19-20-31-29-10-4-6-12-33(29)39-36(31)23-28)27-17-14-24(15-18-27)25-16-21-35-32(22-25)30-11-5-7-13-34(30)38-35/h1-23H. The third kappa shape index (κ3) is 3.59. The maximum absolute atomic E-state index is 6.22. The number of para-hydroxylation sites is 3. The van der Waals surface area contributed by atoms with Gasteiger partial charge in [0.15, 0.2) is 0 Å². The van der Waals surface area contributed by atoms with Crippen LogP contribution in [0.4, 0.5) is 17.1 Å². The van der Waals surface area contributed by atoms with E-state index in [1.54, 1.807) is 0 Å². The predicted molar refractivity (Wildman–Crippen MR) is 161 cm³/mol. The van der Waals surface area contributed by atoms with E-state index in [4.69, 9.17) is 8.83 Å². The fraction of sp³-hybridized carbons (Fsp3) is 0. The molecule has 3 heteroatoms. The van der Waals surface area contributed by atoms with Gasteiger partial charge >= 0.3 is 0 Å². The van der Waals surface area contributed by atoms with Crippen molar-refractivity contribution in [1.82, 2.24) is 0 Å². The molecule has 0 saturated carbocycles. The Bertz CT molecular complexity index is 2120. The lowest BCUT2D eigenvalue weighted by Crippen LogP contribution is -2.09. The van der Waals surface area contributed by atoms with Gasteiger partial charge in [-0.2, -0.15) is 0 Å². The van der Waals surface area contributed by atoms with Gasteiger partial charge in [-0.05, 0) is 71.8 Å². The van der Waals surface area contributed by atoms with Gasteiger partial charge < -0.3 is 13.7 Å². The number of hydrogen-bond donors (Lipinski definition) is 0. The summed E-state index contributed by atoms with van der Waals surface area (Å²) in [5, 5.41) is 4.54. The SMILES string of the molecule is c1ccc(N(c2ccc(-c3ccc4oc5ccccc5c4c3)cc2)c2ccc3c(c2)oc2ccccc23)cc1. The van der Waals surface area contributed by atoms with E-state index in [1.807, 2.05) is 30.3 Å². The molecule has 0 aliphatic rings. The van der Waals surface area contributed by atoms with Gasteiger partial charge in [0.1, 0.15) is 22.3 Å². The Labute approximate surface area is 225 Å². The van der Waals surface area contributed by atoms with Crippen molar-refractivity contribution >= 4 is 60.9 Å². The van der Waals surface area contributed by atoms with Crippen LogP contribution >= 0.6 is 0 Å². The molecule has 0 fully saturated rings. The Morgan fingerprint density at radius 2 is 0.872 bits per heavy atom. The molecule has 2 heterocycles. The van der Waals surface area contributed by atoms with Crippen molar-refractivity contribution in [1.29, 1.82) is 0 Å².